The summed E-state index contributed by atoms with van der Waals surface area (Å²) in [5.41, 5.74) is 1.96. The Morgan fingerprint density at radius 3 is 1.62 bits per heavy atom. The Balaban J connectivity index is 2.08. The van der Waals surface area contributed by atoms with Gasteiger partial charge in [0.2, 0.25) is 0 Å². The Morgan fingerprint density at radius 1 is 0.667 bits per heavy atom. The predicted octanol–water partition coefficient (Wildman–Crippen LogP) is 7.76. The highest BCUT2D eigenvalue weighted by atomic mass is 16.5. The van der Waals surface area contributed by atoms with Gasteiger partial charge in [0, 0.05) is 12.3 Å². The van der Waals surface area contributed by atoms with Gasteiger partial charge in [0.25, 0.3) is 0 Å². The zero-order valence-corrected chi connectivity index (χ0v) is 25.8. The van der Waals surface area contributed by atoms with Crippen molar-refractivity contribution in [3.63, 3.8) is 0 Å². The van der Waals surface area contributed by atoms with Crippen LogP contribution in [0, 0.1) is 11.8 Å². The van der Waals surface area contributed by atoms with E-state index in [1.54, 1.807) is 14.2 Å². The molecule has 0 aromatic heterocycles. The van der Waals surface area contributed by atoms with Crippen molar-refractivity contribution >= 4 is 11.8 Å². The number of carbonyl (C=O) groups is 2. The van der Waals surface area contributed by atoms with E-state index in [-0.39, 0.29) is 37.1 Å². The summed E-state index contributed by atoms with van der Waals surface area (Å²) >= 11 is 0. The molecule has 0 aliphatic heterocycles. The van der Waals surface area contributed by atoms with E-state index in [1.165, 1.54) is 6.92 Å². The van der Waals surface area contributed by atoms with Crippen molar-refractivity contribution in [3.05, 3.63) is 95.6 Å². The Labute approximate surface area is 251 Å². The van der Waals surface area contributed by atoms with E-state index in [2.05, 4.69) is 26.0 Å². The third-order valence-electron chi connectivity index (χ3n) is 7.81. The standard InChI is InChI=1S/C36H46O6/c1-6-11-28(12-7-2)29(25-41-35(38)24-15-27(3)37)26-42-36(30-13-9-8-10-14-30,31-16-20-33(39-4)21-17-31)32-18-22-34(40-5)23-19-32/h8-10,13-14,16-23,28-29H,6-7,11-12,15,24-26H2,1-5H3. The summed E-state index contributed by atoms with van der Waals surface area (Å²) < 4.78 is 23.9. The summed E-state index contributed by atoms with van der Waals surface area (Å²) in [6, 6.07) is 26.2. The van der Waals surface area contributed by atoms with Gasteiger partial charge in [-0.15, -0.1) is 0 Å². The van der Waals surface area contributed by atoms with Gasteiger partial charge in [-0.3, -0.25) is 4.79 Å². The topological polar surface area (TPSA) is 71.1 Å². The number of rotatable bonds is 18. The first-order chi connectivity index (χ1) is 20.4. The summed E-state index contributed by atoms with van der Waals surface area (Å²) in [6.45, 7) is 6.48. The van der Waals surface area contributed by atoms with Gasteiger partial charge in [0.15, 0.2) is 0 Å². The minimum atomic E-state index is -0.945. The summed E-state index contributed by atoms with van der Waals surface area (Å²) in [7, 11) is 3.31. The summed E-state index contributed by atoms with van der Waals surface area (Å²) in [6.07, 6.45) is 4.37. The second kappa shape index (κ2) is 16.7. The fourth-order valence-electron chi connectivity index (χ4n) is 5.53. The van der Waals surface area contributed by atoms with Crippen molar-refractivity contribution in [2.75, 3.05) is 27.4 Å². The molecule has 3 aromatic rings. The molecule has 0 saturated carbocycles. The molecule has 0 aliphatic rings. The number of hydrogen-bond donors (Lipinski definition) is 0. The second-order valence-corrected chi connectivity index (χ2v) is 10.8. The Bertz CT molecular complexity index is 1170. The molecule has 6 heteroatoms. The van der Waals surface area contributed by atoms with E-state index in [0.29, 0.717) is 12.5 Å². The zero-order valence-electron chi connectivity index (χ0n) is 25.8. The Kier molecular flexibility index (Phi) is 13.1. The number of Topliss-reactive ketones (excluding diaryl/α,β-unsaturated/α-hetero) is 1. The van der Waals surface area contributed by atoms with Crippen molar-refractivity contribution in [1.29, 1.82) is 0 Å². The van der Waals surface area contributed by atoms with Crippen LogP contribution in [0.4, 0.5) is 0 Å². The van der Waals surface area contributed by atoms with E-state index in [4.69, 9.17) is 18.9 Å². The molecule has 0 aliphatic carbocycles. The fourth-order valence-corrected chi connectivity index (χ4v) is 5.53. The first-order valence-corrected chi connectivity index (χ1v) is 15.0. The van der Waals surface area contributed by atoms with Gasteiger partial charge in [0.05, 0.1) is 33.9 Å². The third-order valence-corrected chi connectivity index (χ3v) is 7.81. The molecular formula is C36H46O6. The lowest BCUT2D eigenvalue weighted by Gasteiger charge is -2.38. The van der Waals surface area contributed by atoms with Crippen molar-refractivity contribution in [1.82, 2.24) is 0 Å². The van der Waals surface area contributed by atoms with E-state index in [1.807, 2.05) is 66.7 Å². The monoisotopic (exact) mass is 574 g/mol. The van der Waals surface area contributed by atoms with Gasteiger partial charge < -0.3 is 23.7 Å². The summed E-state index contributed by atoms with van der Waals surface area (Å²) in [5.74, 6) is 1.45. The molecule has 3 aromatic carbocycles. The minimum absolute atomic E-state index is 0.0201. The molecule has 0 amide bonds. The molecule has 3 rings (SSSR count). The highest BCUT2D eigenvalue weighted by Crippen LogP contribution is 2.42. The van der Waals surface area contributed by atoms with Crippen molar-refractivity contribution in [2.45, 2.75) is 64.9 Å². The van der Waals surface area contributed by atoms with Gasteiger partial charge in [-0.05, 0) is 53.8 Å². The smallest absolute Gasteiger partial charge is 0.306 e. The molecule has 226 valence electrons. The fraction of sp³-hybridized carbons (Fsp3) is 0.444. The molecule has 0 spiro atoms. The van der Waals surface area contributed by atoms with Crippen LogP contribution in [-0.4, -0.2) is 39.2 Å². The number of ketones is 1. The summed E-state index contributed by atoms with van der Waals surface area (Å²) in [5, 5.41) is 0. The van der Waals surface area contributed by atoms with Gasteiger partial charge in [-0.25, -0.2) is 0 Å². The van der Waals surface area contributed by atoms with E-state index in [9.17, 15) is 9.59 Å². The Morgan fingerprint density at radius 2 is 1.17 bits per heavy atom. The lowest BCUT2D eigenvalue weighted by atomic mass is 9.79. The zero-order chi connectivity index (χ0) is 30.4. The molecule has 6 nitrogen and oxygen atoms in total. The molecule has 0 N–H and O–H groups in total. The maximum Gasteiger partial charge on any atom is 0.306 e. The van der Waals surface area contributed by atoms with Crippen molar-refractivity contribution < 1.29 is 28.5 Å². The number of hydrogen-bond acceptors (Lipinski definition) is 6. The first kappa shape index (κ1) is 32.9. The van der Waals surface area contributed by atoms with E-state index >= 15 is 0 Å². The molecule has 0 radical (unpaired) electrons. The quantitative estimate of drug-likeness (QED) is 0.114. The van der Waals surface area contributed by atoms with Crippen LogP contribution in [-0.2, 0) is 24.7 Å². The molecule has 0 saturated heterocycles. The number of esters is 1. The van der Waals surface area contributed by atoms with Crippen LogP contribution in [0.5, 0.6) is 11.5 Å². The molecule has 0 fully saturated rings. The number of carbonyl (C=O) groups excluding carboxylic acids is 2. The average Bonchev–Trinajstić information content (AvgIpc) is 3.02. The van der Waals surface area contributed by atoms with Gasteiger partial charge in [0.1, 0.15) is 22.9 Å². The molecule has 42 heavy (non-hydrogen) atoms. The van der Waals surface area contributed by atoms with Crippen molar-refractivity contribution in [3.8, 4) is 11.5 Å². The molecule has 0 bridgehead atoms. The van der Waals surface area contributed by atoms with E-state index in [0.717, 1.165) is 53.9 Å². The highest BCUT2D eigenvalue weighted by Gasteiger charge is 2.39. The van der Waals surface area contributed by atoms with Crippen LogP contribution in [0.3, 0.4) is 0 Å². The second-order valence-electron chi connectivity index (χ2n) is 10.8. The number of ether oxygens (including phenoxy) is 4. The normalized spacial score (nSPS) is 12.1. The number of methoxy groups -OCH3 is 2. The largest absolute Gasteiger partial charge is 0.497 e. The average molecular weight is 575 g/mol. The van der Waals surface area contributed by atoms with Crippen molar-refractivity contribution in [2.24, 2.45) is 11.8 Å². The Hall–Kier alpha value is -3.64. The van der Waals surface area contributed by atoms with Crippen LogP contribution in [0.25, 0.3) is 0 Å². The molecule has 1 unspecified atom stereocenters. The van der Waals surface area contributed by atoms with Crippen LogP contribution >= 0.6 is 0 Å². The maximum atomic E-state index is 12.5. The lowest BCUT2D eigenvalue weighted by molar-refractivity contribution is -0.148. The van der Waals surface area contributed by atoms with Crippen LogP contribution < -0.4 is 9.47 Å². The minimum Gasteiger partial charge on any atom is -0.497 e. The highest BCUT2D eigenvalue weighted by molar-refractivity contribution is 5.80. The predicted molar refractivity (Wildman–Crippen MR) is 166 cm³/mol. The maximum absolute atomic E-state index is 12.5. The first-order valence-electron chi connectivity index (χ1n) is 15.0. The molecule has 0 heterocycles. The van der Waals surface area contributed by atoms with Crippen LogP contribution in [0.2, 0.25) is 0 Å². The molecule has 1 atom stereocenters. The van der Waals surface area contributed by atoms with E-state index < -0.39 is 5.60 Å². The van der Waals surface area contributed by atoms with Crippen LogP contribution in [0.15, 0.2) is 78.9 Å². The van der Waals surface area contributed by atoms with Gasteiger partial charge >= 0.3 is 5.97 Å². The SMILES string of the molecule is CCCC(CCC)C(COC(=O)CCC(C)=O)COC(c1ccccc1)(c1ccc(OC)cc1)c1ccc(OC)cc1. The lowest BCUT2D eigenvalue weighted by Crippen LogP contribution is -2.37. The number of benzene rings is 3. The molecular weight excluding hydrogens is 528 g/mol. The van der Waals surface area contributed by atoms with Crippen LogP contribution in [0.1, 0.15) is 76.0 Å². The van der Waals surface area contributed by atoms with Gasteiger partial charge in [-0.2, -0.15) is 0 Å². The van der Waals surface area contributed by atoms with Gasteiger partial charge in [-0.1, -0.05) is 94.1 Å². The third kappa shape index (κ3) is 8.68. The summed E-state index contributed by atoms with van der Waals surface area (Å²) in [4.78, 5) is 24.0.